The third-order valence-electron chi connectivity index (χ3n) is 4.17. The summed E-state index contributed by atoms with van der Waals surface area (Å²) in [5, 5.41) is 3.17. The molecule has 0 aliphatic carbocycles. The lowest BCUT2D eigenvalue weighted by molar-refractivity contribution is -0.123. The van der Waals surface area contributed by atoms with Crippen molar-refractivity contribution in [2.24, 2.45) is 5.73 Å². The monoisotopic (exact) mass is 410 g/mol. The van der Waals surface area contributed by atoms with Crippen LogP contribution >= 0.6 is 11.6 Å². The summed E-state index contributed by atoms with van der Waals surface area (Å²) in [6.07, 6.45) is 3.11. The number of primary amides is 1. The van der Waals surface area contributed by atoms with Crippen LogP contribution in [0.15, 0.2) is 67.0 Å². The lowest BCUT2D eigenvalue weighted by Gasteiger charge is -2.16. The van der Waals surface area contributed by atoms with Crippen molar-refractivity contribution in [3.8, 4) is 11.5 Å². The summed E-state index contributed by atoms with van der Waals surface area (Å²) in [4.78, 5) is 28.3. The van der Waals surface area contributed by atoms with Gasteiger partial charge in [0.05, 0.1) is 12.1 Å². The smallest absolute Gasteiger partial charge is 0.225 e. The normalized spacial score (nSPS) is 11.5. The fourth-order valence-electron chi connectivity index (χ4n) is 2.77. The van der Waals surface area contributed by atoms with Gasteiger partial charge in [0.25, 0.3) is 0 Å². The molecule has 148 valence electrons. The number of anilines is 2. The minimum absolute atomic E-state index is 0.144. The Hall–Kier alpha value is -3.58. The van der Waals surface area contributed by atoms with E-state index in [1.54, 1.807) is 60.9 Å². The molecule has 0 spiro atoms. The van der Waals surface area contributed by atoms with Gasteiger partial charge in [0, 0.05) is 29.0 Å². The van der Waals surface area contributed by atoms with Crippen LogP contribution in [-0.2, 0) is 9.59 Å². The van der Waals surface area contributed by atoms with Gasteiger partial charge in [-0.3, -0.25) is 14.6 Å². The molecule has 1 heterocycles. The predicted molar refractivity (Wildman–Crippen MR) is 112 cm³/mol. The number of carbonyl (C=O) groups is 2. The van der Waals surface area contributed by atoms with E-state index < -0.39 is 11.8 Å². The number of rotatable bonds is 7. The number of ether oxygens (including phenoxy) is 1. The Morgan fingerprint density at radius 3 is 2.48 bits per heavy atom. The number of hydrogen-bond donors (Lipinski definition) is 3. The lowest BCUT2D eigenvalue weighted by atomic mass is 9.93. The van der Waals surface area contributed by atoms with E-state index in [1.165, 1.54) is 6.07 Å². The largest absolute Gasteiger partial charge is 0.456 e. The highest BCUT2D eigenvalue weighted by molar-refractivity contribution is 6.30. The number of benzene rings is 2. The van der Waals surface area contributed by atoms with E-state index in [4.69, 9.17) is 27.8 Å². The second kappa shape index (κ2) is 9.07. The van der Waals surface area contributed by atoms with Gasteiger partial charge >= 0.3 is 0 Å². The summed E-state index contributed by atoms with van der Waals surface area (Å²) in [6.45, 7) is 0. The fraction of sp³-hybridized carbons (Fsp3) is 0.0952. The molecule has 0 saturated carbocycles. The van der Waals surface area contributed by atoms with Crippen LogP contribution < -0.4 is 21.5 Å². The topological polar surface area (TPSA) is 120 Å². The maximum absolute atomic E-state index is 12.4. The highest BCUT2D eigenvalue weighted by Gasteiger charge is 2.23. The van der Waals surface area contributed by atoms with Crippen LogP contribution in [0.25, 0.3) is 0 Å². The van der Waals surface area contributed by atoms with Gasteiger partial charge in [-0.05, 0) is 54.1 Å². The van der Waals surface area contributed by atoms with E-state index in [-0.39, 0.29) is 12.3 Å². The van der Waals surface area contributed by atoms with Crippen LogP contribution in [0.5, 0.6) is 11.5 Å². The maximum Gasteiger partial charge on any atom is 0.225 e. The van der Waals surface area contributed by atoms with Crippen LogP contribution in [0.2, 0.25) is 5.02 Å². The Morgan fingerprint density at radius 2 is 1.86 bits per heavy atom. The lowest BCUT2D eigenvalue weighted by Crippen LogP contribution is -2.27. The van der Waals surface area contributed by atoms with E-state index in [2.05, 4.69) is 10.3 Å². The Kier molecular flexibility index (Phi) is 6.31. The summed E-state index contributed by atoms with van der Waals surface area (Å²) in [5.74, 6) is -0.673. The molecule has 1 atom stereocenters. The van der Waals surface area contributed by atoms with Crippen molar-refractivity contribution in [3.63, 3.8) is 0 Å². The summed E-state index contributed by atoms with van der Waals surface area (Å²) in [7, 11) is 0. The molecule has 29 heavy (non-hydrogen) atoms. The first-order valence-electron chi connectivity index (χ1n) is 8.74. The number of halogens is 1. The average molecular weight is 411 g/mol. The molecule has 8 heteroatoms. The van der Waals surface area contributed by atoms with Crippen molar-refractivity contribution in [1.82, 2.24) is 4.98 Å². The molecule has 1 unspecified atom stereocenters. The average Bonchev–Trinajstić information content (AvgIpc) is 2.69. The zero-order valence-corrected chi connectivity index (χ0v) is 16.1. The third-order valence-corrected chi connectivity index (χ3v) is 4.40. The number of hydrogen-bond acceptors (Lipinski definition) is 5. The minimum Gasteiger partial charge on any atom is -0.456 e. The molecule has 3 aromatic rings. The molecule has 0 bridgehead atoms. The van der Waals surface area contributed by atoms with Crippen molar-refractivity contribution in [1.29, 1.82) is 0 Å². The predicted octanol–water partition coefficient (Wildman–Crippen LogP) is 3.71. The number of pyridine rings is 1. The number of nitrogens with one attached hydrogen (secondary N) is 1. The molecule has 1 aromatic heterocycles. The second-order valence-electron chi connectivity index (χ2n) is 6.30. The van der Waals surface area contributed by atoms with Gasteiger partial charge in [0.2, 0.25) is 11.8 Å². The van der Waals surface area contributed by atoms with Crippen molar-refractivity contribution >= 4 is 34.8 Å². The van der Waals surface area contributed by atoms with E-state index in [0.29, 0.717) is 33.5 Å². The van der Waals surface area contributed by atoms with Crippen LogP contribution in [0.1, 0.15) is 17.9 Å². The standard InChI is InChI=1S/C21H19ClN4O3/c22-13-3-8-17(19(23)10-13)18(21(24)28)11-20(27)26-14-4-6-15(7-5-14)29-16-2-1-9-25-12-16/h1-10,12,18H,11,23H2,(H2,24,28)(H,26,27). The molecule has 0 aliphatic heterocycles. The summed E-state index contributed by atoms with van der Waals surface area (Å²) in [6, 6.07) is 15.1. The first kappa shape index (κ1) is 20.2. The molecule has 0 fully saturated rings. The third kappa shape index (κ3) is 5.46. The van der Waals surface area contributed by atoms with Crippen LogP contribution in [0, 0.1) is 0 Å². The minimum atomic E-state index is -0.861. The first-order valence-corrected chi connectivity index (χ1v) is 9.12. The van der Waals surface area contributed by atoms with Gasteiger partial charge in [0.1, 0.15) is 11.5 Å². The molecule has 5 N–H and O–H groups in total. The number of nitrogens with two attached hydrogens (primary N) is 2. The van der Waals surface area contributed by atoms with Gasteiger partial charge in [-0.25, -0.2) is 0 Å². The Bertz CT molecular complexity index is 1010. The highest BCUT2D eigenvalue weighted by atomic mass is 35.5. The van der Waals surface area contributed by atoms with E-state index >= 15 is 0 Å². The molecular formula is C21H19ClN4O3. The van der Waals surface area contributed by atoms with Crippen molar-refractivity contribution in [3.05, 3.63) is 77.6 Å². The first-order chi connectivity index (χ1) is 13.9. The second-order valence-corrected chi connectivity index (χ2v) is 6.73. The number of aromatic nitrogens is 1. The van der Waals surface area contributed by atoms with Crippen LogP contribution in [-0.4, -0.2) is 16.8 Å². The van der Waals surface area contributed by atoms with E-state index in [1.807, 2.05) is 0 Å². The fourth-order valence-corrected chi connectivity index (χ4v) is 2.95. The van der Waals surface area contributed by atoms with Gasteiger partial charge in [-0.1, -0.05) is 17.7 Å². The summed E-state index contributed by atoms with van der Waals surface area (Å²) in [5.41, 5.74) is 12.7. The maximum atomic E-state index is 12.4. The molecular weight excluding hydrogens is 392 g/mol. The van der Waals surface area contributed by atoms with Gasteiger partial charge in [-0.2, -0.15) is 0 Å². The van der Waals surface area contributed by atoms with Crippen molar-refractivity contribution < 1.29 is 14.3 Å². The number of nitrogen functional groups attached to an aromatic ring is 1. The zero-order valence-electron chi connectivity index (χ0n) is 15.3. The van der Waals surface area contributed by atoms with E-state index in [9.17, 15) is 9.59 Å². The Balaban J connectivity index is 1.65. The number of carbonyl (C=O) groups excluding carboxylic acids is 2. The van der Waals surface area contributed by atoms with Crippen LogP contribution in [0.4, 0.5) is 11.4 Å². The van der Waals surface area contributed by atoms with E-state index in [0.717, 1.165) is 0 Å². The molecule has 0 radical (unpaired) electrons. The number of nitrogens with zero attached hydrogens (tertiary/aromatic N) is 1. The quantitative estimate of drug-likeness (QED) is 0.513. The Morgan fingerprint density at radius 1 is 1.10 bits per heavy atom. The molecule has 7 nitrogen and oxygen atoms in total. The van der Waals surface area contributed by atoms with Crippen molar-refractivity contribution in [2.75, 3.05) is 11.1 Å². The SMILES string of the molecule is NC(=O)C(CC(=O)Nc1ccc(Oc2cccnc2)cc1)c1ccc(Cl)cc1N. The molecule has 2 amide bonds. The molecule has 2 aromatic carbocycles. The van der Waals surface area contributed by atoms with Gasteiger partial charge < -0.3 is 21.5 Å². The zero-order chi connectivity index (χ0) is 20.8. The summed E-state index contributed by atoms with van der Waals surface area (Å²) < 4.78 is 5.65. The summed E-state index contributed by atoms with van der Waals surface area (Å²) >= 11 is 5.89. The van der Waals surface area contributed by atoms with Gasteiger partial charge in [0.15, 0.2) is 0 Å². The van der Waals surface area contributed by atoms with Crippen molar-refractivity contribution in [2.45, 2.75) is 12.3 Å². The number of amides is 2. The highest BCUT2D eigenvalue weighted by Crippen LogP contribution is 2.28. The van der Waals surface area contributed by atoms with Gasteiger partial charge in [-0.15, -0.1) is 0 Å². The Labute approximate surface area is 172 Å². The molecule has 0 saturated heterocycles. The van der Waals surface area contributed by atoms with Crippen LogP contribution in [0.3, 0.4) is 0 Å². The molecule has 0 aliphatic rings. The molecule has 3 rings (SSSR count).